The molecule has 1 rings (SSSR count). The minimum Gasteiger partial charge on any atom is -0.302 e. The molecule has 0 unspecified atom stereocenters. The average molecular weight is 228 g/mol. The number of rotatable bonds is 2. The highest BCUT2D eigenvalue weighted by atomic mass is 79.9. The molecule has 4 heteroatoms. The van der Waals surface area contributed by atoms with E-state index in [0.717, 1.165) is 11.9 Å². The van der Waals surface area contributed by atoms with Crippen LogP contribution >= 0.6 is 15.9 Å². The molecule has 1 fully saturated rings. The Morgan fingerprint density at radius 3 is 2.27 bits per heavy atom. The summed E-state index contributed by atoms with van der Waals surface area (Å²) in [6, 6.07) is 0. The van der Waals surface area contributed by atoms with Crippen LogP contribution in [-0.2, 0) is 0 Å². The molecule has 1 aliphatic rings. The molecule has 1 aliphatic heterocycles. The summed E-state index contributed by atoms with van der Waals surface area (Å²) >= 11 is 3.28. The third-order valence-electron chi connectivity index (χ3n) is 1.99. The van der Waals surface area contributed by atoms with Gasteiger partial charge < -0.3 is 4.90 Å². The molecule has 0 N–H and O–H groups in total. The molecular weight excluding hydrogens is 216 g/mol. The fraction of sp³-hybridized carbons (Fsp3) is 1.00. The molecule has 0 bridgehead atoms. The van der Waals surface area contributed by atoms with Crippen LogP contribution < -0.4 is 0 Å². The lowest BCUT2D eigenvalue weighted by molar-refractivity contribution is -0.0538. The van der Waals surface area contributed by atoms with Crippen molar-refractivity contribution >= 4 is 15.9 Å². The summed E-state index contributed by atoms with van der Waals surface area (Å²) in [5.74, 6) is -2.40. The summed E-state index contributed by atoms with van der Waals surface area (Å²) in [6.07, 6.45) is 0.0556. The maximum Gasteiger partial charge on any atom is 0.250 e. The predicted octanol–water partition coefficient (Wildman–Crippen LogP) is 2.11. The van der Waals surface area contributed by atoms with E-state index < -0.39 is 5.92 Å². The second kappa shape index (κ2) is 3.81. The number of halogens is 3. The van der Waals surface area contributed by atoms with Crippen LogP contribution in [0, 0.1) is 0 Å². The minimum atomic E-state index is -2.40. The van der Waals surface area contributed by atoms with E-state index in [1.807, 2.05) is 0 Å². The second-order valence-electron chi connectivity index (χ2n) is 2.89. The zero-order valence-corrected chi connectivity index (χ0v) is 7.91. The van der Waals surface area contributed by atoms with Gasteiger partial charge in [0.1, 0.15) is 0 Å². The lowest BCUT2D eigenvalue weighted by Gasteiger charge is -2.30. The zero-order chi connectivity index (χ0) is 8.32. The highest BCUT2D eigenvalue weighted by Crippen LogP contribution is 2.27. The normalized spacial score (nSPS) is 25.4. The van der Waals surface area contributed by atoms with Gasteiger partial charge in [-0.3, -0.25) is 0 Å². The summed E-state index contributed by atoms with van der Waals surface area (Å²) < 4.78 is 25.2. The summed E-state index contributed by atoms with van der Waals surface area (Å²) in [6.45, 7) is 1.97. The molecule has 0 aromatic carbocycles. The first kappa shape index (κ1) is 9.39. The Morgan fingerprint density at radius 2 is 1.82 bits per heavy atom. The molecule has 1 nitrogen and oxygen atoms in total. The largest absolute Gasteiger partial charge is 0.302 e. The molecule has 11 heavy (non-hydrogen) atoms. The van der Waals surface area contributed by atoms with Gasteiger partial charge in [0, 0.05) is 37.8 Å². The van der Waals surface area contributed by atoms with E-state index in [-0.39, 0.29) is 12.8 Å². The van der Waals surface area contributed by atoms with Crippen LogP contribution in [0.4, 0.5) is 8.78 Å². The highest BCUT2D eigenvalue weighted by molar-refractivity contribution is 9.09. The monoisotopic (exact) mass is 227 g/mol. The molecule has 1 heterocycles. The SMILES string of the molecule is FC1(F)CCN(CCBr)CC1. The molecule has 0 saturated carbocycles. The van der Waals surface area contributed by atoms with Gasteiger partial charge in [0.25, 0.3) is 5.92 Å². The van der Waals surface area contributed by atoms with E-state index in [0.29, 0.717) is 13.1 Å². The molecule has 0 spiro atoms. The third-order valence-corrected chi connectivity index (χ3v) is 2.34. The van der Waals surface area contributed by atoms with Crippen molar-refractivity contribution in [3.63, 3.8) is 0 Å². The first-order chi connectivity index (χ1) is 5.14. The van der Waals surface area contributed by atoms with Gasteiger partial charge in [-0.1, -0.05) is 15.9 Å². The van der Waals surface area contributed by atoms with Crippen molar-refractivity contribution in [2.24, 2.45) is 0 Å². The predicted molar refractivity (Wildman–Crippen MR) is 44.4 cm³/mol. The van der Waals surface area contributed by atoms with Gasteiger partial charge in [-0.25, -0.2) is 8.78 Å². The number of piperidine rings is 1. The van der Waals surface area contributed by atoms with Crippen LogP contribution in [0.1, 0.15) is 12.8 Å². The van der Waals surface area contributed by atoms with Crippen LogP contribution in [0.2, 0.25) is 0 Å². The Kier molecular flexibility index (Phi) is 3.25. The third kappa shape index (κ3) is 3.03. The fourth-order valence-corrected chi connectivity index (χ4v) is 1.72. The Balaban J connectivity index is 2.25. The summed E-state index contributed by atoms with van der Waals surface area (Å²) in [5.41, 5.74) is 0. The molecule has 0 aromatic heterocycles. The first-order valence-electron chi connectivity index (χ1n) is 3.80. The van der Waals surface area contributed by atoms with Crippen LogP contribution in [0.3, 0.4) is 0 Å². The van der Waals surface area contributed by atoms with Crippen molar-refractivity contribution in [2.75, 3.05) is 25.0 Å². The highest BCUT2D eigenvalue weighted by Gasteiger charge is 2.33. The lowest BCUT2D eigenvalue weighted by Crippen LogP contribution is -2.40. The maximum atomic E-state index is 12.6. The smallest absolute Gasteiger partial charge is 0.250 e. The van der Waals surface area contributed by atoms with Crippen molar-refractivity contribution in [1.29, 1.82) is 0 Å². The van der Waals surface area contributed by atoms with Gasteiger partial charge >= 0.3 is 0 Å². The van der Waals surface area contributed by atoms with Crippen molar-refractivity contribution in [2.45, 2.75) is 18.8 Å². The molecular formula is C7H12BrF2N. The van der Waals surface area contributed by atoms with Crippen LogP contribution in [0.5, 0.6) is 0 Å². The Labute approximate surface area is 73.9 Å². The molecule has 1 saturated heterocycles. The average Bonchev–Trinajstić information content (AvgIpc) is 1.94. The molecule has 66 valence electrons. The standard InChI is InChI=1S/C7H12BrF2N/c8-3-6-11-4-1-7(9,10)2-5-11/h1-6H2. The van der Waals surface area contributed by atoms with Gasteiger partial charge in [0.05, 0.1) is 0 Å². The number of likely N-dealkylation sites (tertiary alicyclic amines) is 1. The number of alkyl halides is 3. The second-order valence-corrected chi connectivity index (χ2v) is 3.68. The number of hydrogen-bond donors (Lipinski definition) is 0. The van der Waals surface area contributed by atoms with Crippen molar-refractivity contribution < 1.29 is 8.78 Å². The van der Waals surface area contributed by atoms with E-state index in [1.54, 1.807) is 0 Å². The zero-order valence-electron chi connectivity index (χ0n) is 6.32. The summed E-state index contributed by atoms with van der Waals surface area (Å²) in [7, 11) is 0. The van der Waals surface area contributed by atoms with Crippen molar-refractivity contribution in [3.8, 4) is 0 Å². The number of nitrogens with zero attached hydrogens (tertiary/aromatic N) is 1. The van der Waals surface area contributed by atoms with Gasteiger partial charge in [-0.2, -0.15) is 0 Å². The Bertz CT molecular complexity index is 120. The van der Waals surface area contributed by atoms with Gasteiger partial charge in [0.2, 0.25) is 0 Å². The topological polar surface area (TPSA) is 3.24 Å². The van der Waals surface area contributed by atoms with Crippen LogP contribution in [0.25, 0.3) is 0 Å². The molecule has 0 amide bonds. The van der Waals surface area contributed by atoms with Gasteiger partial charge in [-0.05, 0) is 0 Å². The van der Waals surface area contributed by atoms with Crippen LogP contribution in [0.15, 0.2) is 0 Å². The quantitative estimate of drug-likeness (QED) is 0.654. The van der Waals surface area contributed by atoms with Crippen LogP contribution in [-0.4, -0.2) is 35.8 Å². The minimum absolute atomic E-state index is 0.0278. The van der Waals surface area contributed by atoms with Crippen molar-refractivity contribution in [1.82, 2.24) is 4.90 Å². The molecule has 0 atom stereocenters. The Hall–Kier alpha value is 0.300. The van der Waals surface area contributed by atoms with E-state index in [9.17, 15) is 8.78 Å². The summed E-state index contributed by atoms with van der Waals surface area (Å²) in [4.78, 5) is 2.06. The van der Waals surface area contributed by atoms with E-state index in [1.165, 1.54) is 0 Å². The van der Waals surface area contributed by atoms with Gasteiger partial charge in [0.15, 0.2) is 0 Å². The molecule has 0 radical (unpaired) electrons. The summed E-state index contributed by atoms with van der Waals surface area (Å²) in [5, 5.41) is 0.874. The first-order valence-corrected chi connectivity index (χ1v) is 4.92. The van der Waals surface area contributed by atoms with Crippen molar-refractivity contribution in [3.05, 3.63) is 0 Å². The van der Waals surface area contributed by atoms with Gasteiger partial charge in [-0.15, -0.1) is 0 Å². The Morgan fingerprint density at radius 1 is 1.27 bits per heavy atom. The maximum absolute atomic E-state index is 12.6. The molecule has 0 aliphatic carbocycles. The van der Waals surface area contributed by atoms with E-state index in [2.05, 4.69) is 20.8 Å². The lowest BCUT2D eigenvalue weighted by atomic mass is 10.1. The molecule has 0 aromatic rings. The van der Waals surface area contributed by atoms with E-state index in [4.69, 9.17) is 0 Å². The fourth-order valence-electron chi connectivity index (χ4n) is 1.22. The number of hydrogen-bond acceptors (Lipinski definition) is 1. The van der Waals surface area contributed by atoms with E-state index >= 15 is 0 Å².